The van der Waals surface area contributed by atoms with Gasteiger partial charge in [0.25, 0.3) is 0 Å². The minimum atomic E-state index is 0.238. The van der Waals surface area contributed by atoms with Gasteiger partial charge in [0, 0.05) is 26.9 Å². The zero-order valence-electron chi connectivity index (χ0n) is 11.2. The van der Waals surface area contributed by atoms with Gasteiger partial charge in [0.15, 0.2) is 5.13 Å². The van der Waals surface area contributed by atoms with E-state index in [9.17, 15) is 0 Å². The number of benzene rings is 1. The third kappa shape index (κ3) is 2.31. The molecule has 0 aliphatic heterocycles. The van der Waals surface area contributed by atoms with Crippen LogP contribution in [0, 0.1) is 6.92 Å². The molecule has 1 atom stereocenters. The Balaban J connectivity index is 2.16. The second-order valence-corrected chi connectivity index (χ2v) is 6.77. The van der Waals surface area contributed by atoms with E-state index in [0.717, 1.165) is 21.1 Å². The predicted octanol–water partition coefficient (Wildman–Crippen LogP) is 4.50. The van der Waals surface area contributed by atoms with Gasteiger partial charge < -0.3 is 5.73 Å². The molecule has 0 radical (unpaired) electrons. The number of hydrogen-bond donors (Lipinski definition) is 1. The highest BCUT2D eigenvalue weighted by Crippen LogP contribution is 2.35. The fourth-order valence-electron chi connectivity index (χ4n) is 2.48. The number of para-hydroxylation sites is 1. The van der Waals surface area contributed by atoms with Crippen molar-refractivity contribution in [2.24, 2.45) is 0 Å². The minimum Gasteiger partial charge on any atom is -0.375 e. The maximum Gasteiger partial charge on any atom is 0.180 e. The molecule has 2 N–H and O–H groups in total. The molecule has 0 bridgehead atoms. The number of halogens is 1. The van der Waals surface area contributed by atoms with Gasteiger partial charge in [-0.3, -0.25) is 4.98 Å². The molecule has 5 heteroatoms. The number of thiazole rings is 1. The summed E-state index contributed by atoms with van der Waals surface area (Å²) in [6.45, 7) is 4.19. The molecule has 102 valence electrons. The van der Waals surface area contributed by atoms with Crippen molar-refractivity contribution in [2.45, 2.75) is 19.8 Å². The number of hydrogen-bond acceptors (Lipinski definition) is 4. The van der Waals surface area contributed by atoms with Gasteiger partial charge in [0.05, 0.1) is 11.2 Å². The molecule has 0 amide bonds. The Hall–Kier alpha value is -1.46. The summed E-state index contributed by atoms with van der Waals surface area (Å²) in [5, 5.41) is 1.76. The van der Waals surface area contributed by atoms with Crippen molar-refractivity contribution in [1.82, 2.24) is 9.97 Å². The summed E-state index contributed by atoms with van der Waals surface area (Å²) in [5.41, 5.74) is 9.07. The first-order valence-corrected chi connectivity index (χ1v) is 7.94. The van der Waals surface area contributed by atoms with E-state index in [1.54, 1.807) is 11.3 Å². The second-order valence-electron chi connectivity index (χ2n) is 4.80. The van der Waals surface area contributed by atoms with Gasteiger partial charge in [-0.1, -0.05) is 25.1 Å². The van der Waals surface area contributed by atoms with Crippen molar-refractivity contribution >= 4 is 43.3 Å². The van der Waals surface area contributed by atoms with E-state index in [1.807, 2.05) is 13.1 Å². The normalized spacial score (nSPS) is 12.8. The van der Waals surface area contributed by atoms with Crippen molar-refractivity contribution < 1.29 is 0 Å². The van der Waals surface area contributed by atoms with Crippen LogP contribution in [0.25, 0.3) is 10.9 Å². The molecule has 0 spiro atoms. The highest BCUT2D eigenvalue weighted by atomic mass is 79.9. The summed E-state index contributed by atoms with van der Waals surface area (Å²) in [6, 6.07) is 8.37. The van der Waals surface area contributed by atoms with Crippen molar-refractivity contribution in [3.8, 4) is 0 Å². The van der Waals surface area contributed by atoms with E-state index in [2.05, 4.69) is 57.1 Å². The van der Waals surface area contributed by atoms with Crippen molar-refractivity contribution in [3.05, 3.63) is 51.1 Å². The first-order chi connectivity index (χ1) is 9.56. The van der Waals surface area contributed by atoms with Crippen LogP contribution in [0.5, 0.6) is 0 Å². The maximum absolute atomic E-state index is 5.81. The fourth-order valence-corrected chi connectivity index (χ4v) is 3.73. The molecule has 2 aromatic heterocycles. The summed E-state index contributed by atoms with van der Waals surface area (Å²) < 4.78 is 0.994. The van der Waals surface area contributed by atoms with Crippen LogP contribution in [0.2, 0.25) is 0 Å². The molecule has 0 aliphatic carbocycles. The lowest BCUT2D eigenvalue weighted by Gasteiger charge is -2.13. The van der Waals surface area contributed by atoms with Crippen LogP contribution in [0.3, 0.4) is 0 Å². The van der Waals surface area contributed by atoms with Crippen LogP contribution < -0.4 is 5.73 Å². The Kier molecular flexibility index (Phi) is 3.48. The van der Waals surface area contributed by atoms with E-state index in [-0.39, 0.29) is 5.92 Å². The smallest absolute Gasteiger partial charge is 0.180 e. The van der Waals surface area contributed by atoms with Crippen LogP contribution in [0.1, 0.15) is 29.0 Å². The van der Waals surface area contributed by atoms with Gasteiger partial charge in [0.2, 0.25) is 0 Å². The van der Waals surface area contributed by atoms with Gasteiger partial charge in [-0.2, -0.15) is 0 Å². The number of nitrogens with zero attached hydrogens (tertiary/aromatic N) is 2. The van der Waals surface area contributed by atoms with Gasteiger partial charge in [-0.05, 0) is 34.5 Å². The SMILES string of the molecule is Cc1nc(N)sc1C(C)c1cccc2cc(Br)cnc12. The average molecular weight is 348 g/mol. The van der Waals surface area contributed by atoms with Crippen LogP contribution in [0.4, 0.5) is 5.13 Å². The average Bonchev–Trinajstić information content (AvgIpc) is 2.76. The Morgan fingerprint density at radius 1 is 1.35 bits per heavy atom. The Morgan fingerprint density at radius 2 is 2.15 bits per heavy atom. The molecule has 2 heterocycles. The zero-order chi connectivity index (χ0) is 14.3. The molecule has 1 aromatic carbocycles. The molecule has 0 fully saturated rings. The summed E-state index contributed by atoms with van der Waals surface area (Å²) >= 11 is 5.03. The molecule has 3 aromatic rings. The van der Waals surface area contributed by atoms with Gasteiger partial charge in [-0.15, -0.1) is 11.3 Å². The molecule has 1 unspecified atom stereocenters. The van der Waals surface area contributed by atoms with Gasteiger partial charge >= 0.3 is 0 Å². The Bertz CT molecular complexity index is 782. The molecule has 3 rings (SSSR count). The van der Waals surface area contributed by atoms with E-state index >= 15 is 0 Å². The first kappa shape index (κ1) is 13.5. The highest BCUT2D eigenvalue weighted by Gasteiger charge is 2.18. The Morgan fingerprint density at radius 3 is 2.85 bits per heavy atom. The van der Waals surface area contributed by atoms with Crippen molar-refractivity contribution in [3.63, 3.8) is 0 Å². The van der Waals surface area contributed by atoms with Crippen molar-refractivity contribution in [2.75, 3.05) is 5.73 Å². The number of pyridine rings is 1. The van der Waals surface area contributed by atoms with Gasteiger partial charge in [-0.25, -0.2) is 4.98 Å². The van der Waals surface area contributed by atoms with Gasteiger partial charge in [0.1, 0.15) is 0 Å². The molecular weight excluding hydrogens is 334 g/mol. The third-order valence-corrected chi connectivity index (χ3v) is 5.02. The first-order valence-electron chi connectivity index (χ1n) is 6.33. The van der Waals surface area contributed by atoms with Crippen LogP contribution in [-0.4, -0.2) is 9.97 Å². The third-order valence-electron chi connectivity index (χ3n) is 3.42. The standard InChI is InChI=1S/C15H14BrN3S/c1-8(14-9(2)19-15(17)20-14)12-5-3-4-10-6-11(16)7-18-13(10)12/h3-8H,1-2H3,(H2,17,19). The molecule has 20 heavy (non-hydrogen) atoms. The molecular formula is C15H14BrN3S. The van der Waals surface area contributed by atoms with Crippen LogP contribution in [0.15, 0.2) is 34.9 Å². The topological polar surface area (TPSA) is 51.8 Å². The molecule has 0 aliphatic rings. The van der Waals surface area contributed by atoms with E-state index in [4.69, 9.17) is 5.73 Å². The summed E-state index contributed by atoms with van der Waals surface area (Å²) in [7, 11) is 0. The highest BCUT2D eigenvalue weighted by molar-refractivity contribution is 9.10. The molecule has 0 saturated heterocycles. The number of fused-ring (bicyclic) bond motifs is 1. The summed E-state index contributed by atoms with van der Waals surface area (Å²) in [4.78, 5) is 10.1. The summed E-state index contributed by atoms with van der Waals surface area (Å²) in [5.74, 6) is 0.238. The zero-order valence-corrected chi connectivity index (χ0v) is 13.6. The van der Waals surface area contributed by atoms with E-state index in [0.29, 0.717) is 5.13 Å². The lowest BCUT2D eigenvalue weighted by molar-refractivity contribution is 0.933. The number of nitrogens with two attached hydrogens (primary N) is 1. The number of aromatic nitrogens is 2. The molecule has 3 nitrogen and oxygen atoms in total. The number of nitrogen functional groups attached to an aromatic ring is 1. The van der Waals surface area contributed by atoms with Crippen LogP contribution >= 0.6 is 27.3 Å². The monoisotopic (exact) mass is 347 g/mol. The minimum absolute atomic E-state index is 0.238. The molecule has 0 saturated carbocycles. The van der Waals surface area contributed by atoms with E-state index in [1.165, 1.54) is 10.4 Å². The van der Waals surface area contributed by atoms with Crippen LogP contribution in [-0.2, 0) is 0 Å². The second kappa shape index (κ2) is 5.14. The maximum atomic E-state index is 5.81. The largest absolute Gasteiger partial charge is 0.375 e. The lowest BCUT2D eigenvalue weighted by Crippen LogP contribution is -1.98. The number of anilines is 1. The fraction of sp³-hybridized carbons (Fsp3) is 0.200. The summed E-state index contributed by atoms with van der Waals surface area (Å²) in [6.07, 6.45) is 1.84. The lowest BCUT2D eigenvalue weighted by atomic mass is 9.96. The predicted molar refractivity (Wildman–Crippen MR) is 88.2 cm³/mol. The number of aryl methyl sites for hydroxylation is 1. The Labute approximate surface area is 130 Å². The number of rotatable bonds is 2. The quantitative estimate of drug-likeness (QED) is 0.742. The van der Waals surface area contributed by atoms with E-state index < -0.39 is 0 Å². The van der Waals surface area contributed by atoms with Crippen molar-refractivity contribution in [1.29, 1.82) is 0 Å².